The molecule has 2 aromatic carbocycles. The molecule has 0 N–H and O–H groups in total. The summed E-state index contributed by atoms with van der Waals surface area (Å²) in [6.45, 7) is 6.41. The molecular weight excluding hydrogens is 389 g/mol. The molecule has 0 aliphatic carbocycles. The van der Waals surface area contributed by atoms with Crippen LogP contribution in [-0.2, 0) is 9.47 Å². The molecule has 0 aromatic heterocycles. The number of hydrogen-bond donors (Lipinski definition) is 0. The summed E-state index contributed by atoms with van der Waals surface area (Å²) in [6.07, 6.45) is 0.0648. The number of nitrogens with zero attached hydrogens (tertiary/aromatic N) is 1. The molecule has 160 valence electrons. The normalized spacial score (nSPS) is 16.3. The molecule has 1 amide bonds. The molecule has 1 heterocycles. The van der Waals surface area contributed by atoms with Gasteiger partial charge in [-0.2, -0.15) is 0 Å². The number of halogens is 1. The second-order valence-electron chi connectivity index (χ2n) is 8.16. The molecule has 1 aliphatic rings. The minimum absolute atomic E-state index is 0.222. The van der Waals surface area contributed by atoms with Gasteiger partial charge >= 0.3 is 12.1 Å². The predicted octanol–water partition coefficient (Wildman–Crippen LogP) is 4.67. The maximum atomic E-state index is 13.4. The van der Waals surface area contributed by atoms with Crippen LogP contribution < -0.4 is 4.74 Å². The van der Waals surface area contributed by atoms with E-state index in [1.165, 1.54) is 19.2 Å². The van der Waals surface area contributed by atoms with Gasteiger partial charge in [0.15, 0.2) is 0 Å². The number of likely N-dealkylation sites (tertiary alicyclic amines) is 1. The van der Waals surface area contributed by atoms with Crippen LogP contribution in [-0.4, -0.2) is 48.9 Å². The Hall–Kier alpha value is -3.09. The molecule has 6 nitrogen and oxygen atoms in total. The molecule has 1 atom stereocenters. The summed E-state index contributed by atoms with van der Waals surface area (Å²) in [6, 6.07) is 10.9. The Morgan fingerprint density at radius 3 is 2.43 bits per heavy atom. The third-order valence-electron chi connectivity index (χ3n) is 4.65. The van der Waals surface area contributed by atoms with E-state index in [1.807, 2.05) is 20.8 Å². The fourth-order valence-corrected chi connectivity index (χ4v) is 3.23. The number of rotatable bonds is 4. The molecule has 1 saturated heterocycles. The van der Waals surface area contributed by atoms with Crippen molar-refractivity contribution in [2.75, 3.05) is 20.2 Å². The van der Waals surface area contributed by atoms with Crippen molar-refractivity contribution in [3.05, 3.63) is 53.8 Å². The zero-order chi connectivity index (χ0) is 21.9. The van der Waals surface area contributed by atoms with Crippen molar-refractivity contribution >= 4 is 12.1 Å². The van der Waals surface area contributed by atoms with Crippen molar-refractivity contribution in [3.63, 3.8) is 0 Å². The number of benzene rings is 2. The summed E-state index contributed by atoms with van der Waals surface area (Å²) in [5.74, 6) is -0.277. The molecule has 30 heavy (non-hydrogen) atoms. The first-order valence-electron chi connectivity index (χ1n) is 9.79. The third-order valence-corrected chi connectivity index (χ3v) is 4.65. The molecule has 2 aromatic rings. The maximum Gasteiger partial charge on any atom is 0.410 e. The Kier molecular flexibility index (Phi) is 6.29. The van der Waals surface area contributed by atoms with Crippen molar-refractivity contribution in [3.8, 4) is 16.9 Å². The molecular formula is C23H26FNO5. The molecule has 0 spiro atoms. The fraction of sp³-hybridized carbons (Fsp3) is 0.391. The Morgan fingerprint density at radius 2 is 1.80 bits per heavy atom. The zero-order valence-corrected chi connectivity index (χ0v) is 17.6. The first kappa shape index (κ1) is 21.6. The van der Waals surface area contributed by atoms with Crippen molar-refractivity contribution in [1.29, 1.82) is 0 Å². The van der Waals surface area contributed by atoms with E-state index in [9.17, 15) is 14.0 Å². The molecule has 0 radical (unpaired) electrons. The highest BCUT2D eigenvalue weighted by atomic mass is 19.1. The highest BCUT2D eigenvalue weighted by Crippen LogP contribution is 2.33. The number of carbonyl (C=O) groups excluding carboxylic acids is 2. The van der Waals surface area contributed by atoms with Gasteiger partial charge in [-0.25, -0.2) is 14.0 Å². The van der Waals surface area contributed by atoms with Gasteiger partial charge < -0.3 is 19.1 Å². The van der Waals surface area contributed by atoms with E-state index in [0.717, 1.165) is 0 Å². The van der Waals surface area contributed by atoms with Crippen molar-refractivity contribution in [1.82, 2.24) is 4.90 Å². The van der Waals surface area contributed by atoms with Gasteiger partial charge in [-0.15, -0.1) is 0 Å². The Labute approximate surface area is 175 Å². The smallest absolute Gasteiger partial charge is 0.410 e. The van der Waals surface area contributed by atoms with E-state index < -0.39 is 11.6 Å². The summed E-state index contributed by atoms with van der Waals surface area (Å²) in [5.41, 5.74) is 1.16. The number of esters is 1. The summed E-state index contributed by atoms with van der Waals surface area (Å²) >= 11 is 0. The van der Waals surface area contributed by atoms with Crippen LogP contribution >= 0.6 is 0 Å². The molecule has 1 aliphatic heterocycles. The Morgan fingerprint density at radius 1 is 1.10 bits per heavy atom. The maximum absolute atomic E-state index is 13.4. The van der Waals surface area contributed by atoms with E-state index in [1.54, 1.807) is 35.2 Å². The van der Waals surface area contributed by atoms with Gasteiger partial charge in [-0.05, 0) is 56.7 Å². The zero-order valence-electron chi connectivity index (χ0n) is 17.6. The molecule has 1 fully saturated rings. The van der Waals surface area contributed by atoms with E-state index in [0.29, 0.717) is 42.0 Å². The van der Waals surface area contributed by atoms with Crippen LogP contribution in [0.4, 0.5) is 9.18 Å². The largest absolute Gasteiger partial charge is 0.488 e. The quantitative estimate of drug-likeness (QED) is 0.679. The van der Waals surface area contributed by atoms with Crippen LogP contribution in [0.15, 0.2) is 42.5 Å². The second kappa shape index (κ2) is 8.73. The van der Waals surface area contributed by atoms with Crippen LogP contribution in [0, 0.1) is 5.82 Å². The summed E-state index contributed by atoms with van der Waals surface area (Å²) in [4.78, 5) is 25.9. The molecule has 7 heteroatoms. The predicted molar refractivity (Wildman–Crippen MR) is 110 cm³/mol. The monoisotopic (exact) mass is 415 g/mol. The van der Waals surface area contributed by atoms with Gasteiger partial charge in [0.1, 0.15) is 23.3 Å². The lowest BCUT2D eigenvalue weighted by Crippen LogP contribution is -2.36. The lowest BCUT2D eigenvalue weighted by molar-refractivity contribution is 0.0275. The summed E-state index contributed by atoms with van der Waals surface area (Å²) in [7, 11) is 1.31. The average Bonchev–Trinajstić information content (AvgIpc) is 3.16. The van der Waals surface area contributed by atoms with Crippen LogP contribution in [0.2, 0.25) is 0 Å². The van der Waals surface area contributed by atoms with Crippen molar-refractivity contribution in [2.24, 2.45) is 0 Å². The van der Waals surface area contributed by atoms with Crippen LogP contribution in [0.1, 0.15) is 37.6 Å². The Bertz CT molecular complexity index is 920. The van der Waals surface area contributed by atoms with Crippen LogP contribution in [0.3, 0.4) is 0 Å². The number of ether oxygens (including phenoxy) is 3. The topological polar surface area (TPSA) is 65.1 Å². The van der Waals surface area contributed by atoms with E-state index in [4.69, 9.17) is 14.2 Å². The minimum atomic E-state index is -0.560. The van der Waals surface area contributed by atoms with E-state index in [-0.39, 0.29) is 18.0 Å². The molecule has 3 rings (SSSR count). The first-order chi connectivity index (χ1) is 14.2. The van der Waals surface area contributed by atoms with E-state index in [2.05, 4.69) is 0 Å². The lowest BCUT2D eigenvalue weighted by Gasteiger charge is -2.24. The number of hydrogen-bond acceptors (Lipinski definition) is 5. The highest BCUT2D eigenvalue weighted by molar-refractivity contribution is 5.92. The van der Waals surface area contributed by atoms with Crippen LogP contribution in [0.25, 0.3) is 11.1 Å². The van der Waals surface area contributed by atoms with Gasteiger partial charge in [-0.3, -0.25) is 0 Å². The second-order valence-corrected chi connectivity index (χ2v) is 8.16. The van der Waals surface area contributed by atoms with Crippen molar-refractivity contribution < 1.29 is 28.2 Å². The number of carbonyl (C=O) groups is 2. The van der Waals surface area contributed by atoms with Gasteiger partial charge in [-0.1, -0.05) is 12.1 Å². The van der Waals surface area contributed by atoms with Gasteiger partial charge in [0.25, 0.3) is 0 Å². The molecule has 0 unspecified atom stereocenters. The third kappa shape index (κ3) is 5.28. The fourth-order valence-electron chi connectivity index (χ4n) is 3.23. The summed E-state index contributed by atoms with van der Waals surface area (Å²) < 4.78 is 29.8. The van der Waals surface area contributed by atoms with E-state index >= 15 is 0 Å². The van der Waals surface area contributed by atoms with Crippen LogP contribution in [0.5, 0.6) is 5.75 Å². The lowest BCUT2D eigenvalue weighted by atomic mass is 10.0. The van der Waals surface area contributed by atoms with Gasteiger partial charge in [0.05, 0.1) is 19.2 Å². The average molecular weight is 415 g/mol. The number of amides is 1. The molecule has 0 bridgehead atoms. The number of methoxy groups -OCH3 is 1. The van der Waals surface area contributed by atoms with Crippen molar-refractivity contribution in [2.45, 2.75) is 38.9 Å². The minimum Gasteiger partial charge on any atom is -0.488 e. The SMILES string of the molecule is COC(=O)c1ccc(O[C@H]2CCN(C(=O)OC(C)(C)C)C2)c(-c2ccc(F)cc2)c1. The van der Waals surface area contributed by atoms with Gasteiger partial charge in [0.2, 0.25) is 0 Å². The Balaban J connectivity index is 1.81. The highest BCUT2D eigenvalue weighted by Gasteiger charge is 2.31. The standard InChI is InChI=1S/C23H26FNO5/c1-23(2,3)30-22(27)25-12-11-18(14-25)29-20-10-7-16(21(26)28-4)13-19(20)15-5-8-17(24)9-6-15/h5-10,13,18H,11-12,14H2,1-4H3/t18-/m0/s1. The van der Waals surface area contributed by atoms with Gasteiger partial charge in [0, 0.05) is 18.5 Å². The molecule has 0 saturated carbocycles. The first-order valence-corrected chi connectivity index (χ1v) is 9.79. The summed E-state index contributed by atoms with van der Waals surface area (Å²) in [5, 5.41) is 0.